The fourth-order valence-electron chi connectivity index (χ4n) is 1.76. The molecule has 0 spiro atoms. The normalized spacial score (nSPS) is 11.6. The van der Waals surface area contributed by atoms with E-state index in [1.54, 1.807) is 25.2 Å². The van der Waals surface area contributed by atoms with Crippen LogP contribution in [0.5, 0.6) is 0 Å². The largest absolute Gasteiger partial charge is 0.481 e. The van der Waals surface area contributed by atoms with Crippen LogP contribution in [-0.2, 0) is 16.0 Å². The summed E-state index contributed by atoms with van der Waals surface area (Å²) in [5.41, 5.74) is -0.0422. The maximum Gasteiger partial charge on any atom is 0.310 e. The second-order valence-electron chi connectivity index (χ2n) is 5.69. The van der Waals surface area contributed by atoms with Crippen molar-refractivity contribution in [2.24, 2.45) is 5.41 Å². The standard InChI is InChI=1S/C15H17BrN2O3S/c1-15(2,14(20)21)8-17-12(19)5-6-13-18-10-7-9(16)3-4-11(10)22-13/h3-4,7H,5-6,8H2,1-2H3,(H,17,19)(H,20,21). The summed E-state index contributed by atoms with van der Waals surface area (Å²) in [6.45, 7) is 3.29. The number of carbonyl (C=O) groups is 2. The van der Waals surface area contributed by atoms with Crippen molar-refractivity contribution in [1.82, 2.24) is 10.3 Å². The molecule has 0 saturated heterocycles. The molecule has 0 fully saturated rings. The molecule has 0 aliphatic rings. The van der Waals surface area contributed by atoms with Gasteiger partial charge in [-0.25, -0.2) is 4.98 Å². The summed E-state index contributed by atoms with van der Waals surface area (Å²) in [6, 6.07) is 5.91. The van der Waals surface area contributed by atoms with Gasteiger partial charge in [-0.2, -0.15) is 0 Å². The van der Waals surface area contributed by atoms with Gasteiger partial charge >= 0.3 is 5.97 Å². The number of aliphatic carboxylic acids is 1. The quantitative estimate of drug-likeness (QED) is 0.800. The lowest BCUT2D eigenvalue weighted by Gasteiger charge is -2.19. The highest BCUT2D eigenvalue weighted by Crippen LogP contribution is 2.25. The van der Waals surface area contributed by atoms with Crippen LogP contribution in [0, 0.1) is 5.41 Å². The number of carboxylic acid groups (broad SMARTS) is 1. The molecule has 0 bridgehead atoms. The first-order valence-electron chi connectivity index (χ1n) is 6.83. The Labute approximate surface area is 140 Å². The summed E-state index contributed by atoms with van der Waals surface area (Å²) < 4.78 is 2.07. The number of aryl methyl sites for hydroxylation is 1. The number of fused-ring (bicyclic) bond motifs is 1. The third-order valence-electron chi connectivity index (χ3n) is 3.27. The first-order chi connectivity index (χ1) is 10.3. The molecular formula is C15H17BrN2O3S. The number of benzene rings is 1. The number of hydrogen-bond acceptors (Lipinski definition) is 4. The van der Waals surface area contributed by atoms with Crippen LogP contribution in [0.3, 0.4) is 0 Å². The molecule has 0 aliphatic carbocycles. The van der Waals surface area contributed by atoms with Gasteiger partial charge in [-0.05, 0) is 32.0 Å². The number of halogens is 1. The Morgan fingerprint density at radius 3 is 2.82 bits per heavy atom. The SMILES string of the molecule is CC(C)(CNC(=O)CCc1nc2cc(Br)ccc2s1)C(=O)O. The lowest BCUT2D eigenvalue weighted by atomic mass is 9.94. The van der Waals surface area contributed by atoms with E-state index in [1.165, 1.54) is 0 Å². The maximum absolute atomic E-state index is 11.8. The number of nitrogens with zero attached hydrogens (tertiary/aromatic N) is 1. The average Bonchev–Trinajstić information content (AvgIpc) is 2.84. The molecular weight excluding hydrogens is 368 g/mol. The molecule has 5 nitrogen and oxygen atoms in total. The summed E-state index contributed by atoms with van der Waals surface area (Å²) in [4.78, 5) is 27.3. The van der Waals surface area contributed by atoms with Gasteiger partial charge in [0.2, 0.25) is 5.91 Å². The van der Waals surface area contributed by atoms with Gasteiger partial charge in [0.15, 0.2) is 0 Å². The van der Waals surface area contributed by atoms with E-state index in [9.17, 15) is 9.59 Å². The van der Waals surface area contributed by atoms with Crippen molar-refractivity contribution < 1.29 is 14.7 Å². The number of thiazole rings is 1. The van der Waals surface area contributed by atoms with Crippen LogP contribution in [-0.4, -0.2) is 28.5 Å². The van der Waals surface area contributed by atoms with E-state index in [4.69, 9.17) is 5.11 Å². The van der Waals surface area contributed by atoms with Gasteiger partial charge in [0.1, 0.15) is 0 Å². The van der Waals surface area contributed by atoms with Crippen LogP contribution >= 0.6 is 27.3 Å². The number of amides is 1. The zero-order valence-electron chi connectivity index (χ0n) is 12.4. The summed E-state index contributed by atoms with van der Waals surface area (Å²) in [6.07, 6.45) is 0.854. The van der Waals surface area contributed by atoms with Gasteiger partial charge in [-0.15, -0.1) is 11.3 Å². The van der Waals surface area contributed by atoms with Crippen LogP contribution in [0.25, 0.3) is 10.2 Å². The minimum atomic E-state index is -0.961. The summed E-state index contributed by atoms with van der Waals surface area (Å²) in [7, 11) is 0. The maximum atomic E-state index is 11.8. The molecule has 1 heterocycles. The monoisotopic (exact) mass is 384 g/mol. The molecule has 7 heteroatoms. The van der Waals surface area contributed by atoms with Crippen LogP contribution in [0.2, 0.25) is 0 Å². The van der Waals surface area contributed by atoms with E-state index in [2.05, 4.69) is 26.2 Å². The molecule has 0 unspecified atom stereocenters. The van der Waals surface area contributed by atoms with E-state index in [-0.39, 0.29) is 12.5 Å². The van der Waals surface area contributed by atoms with Gasteiger partial charge in [0.25, 0.3) is 0 Å². The molecule has 0 saturated carbocycles. The Bertz CT molecular complexity index is 712. The highest BCUT2D eigenvalue weighted by atomic mass is 79.9. The summed E-state index contributed by atoms with van der Waals surface area (Å²) in [5.74, 6) is -1.08. The van der Waals surface area contributed by atoms with Crippen molar-refractivity contribution in [3.63, 3.8) is 0 Å². The van der Waals surface area contributed by atoms with E-state index < -0.39 is 11.4 Å². The van der Waals surface area contributed by atoms with Crippen molar-refractivity contribution in [3.8, 4) is 0 Å². The zero-order chi connectivity index (χ0) is 16.3. The van der Waals surface area contributed by atoms with E-state index in [0.717, 1.165) is 19.7 Å². The second kappa shape index (κ2) is 6.75. The number of rotatable bonds is 6. The van der Waals surface area contributed by atoms with Crippen molar-refractivity contribution in [3.05, 3.63) is 27.7 Å². The minimum absolute atomic E-state index is 0.119. The Kier molecular flexibility index (Phi) is 5.18. The lowest BCUT2D eigenvalue weighted by molar-refractivity contribution is -0.146. The number of hydrogen-bond donors (Lipinski definition) is 2. The number of carboxylic acids is 1. The molecule has 2 rings (SSSR count). The number of nitrogens with one attached hydrogen (secondary N) is 1. The highest BCUT2D eigenvalue weighted by Gasteiger charge is 2.27. The highest BCUT2D eigenvalue weighted by molar-refractivity contribution is 9.10. The molecule has 0 radical (unpaired) electrons. The van der Waals surface area contributed by atoms with Crippen molar-refractivity contribution >= 4 is 49.4 Å². The second-order valence-corrected chi connectivity index (χ2v) is 7.72. The van der Waals surface area contributed by atoms with Gasteiger partial charge < -0.3 is 10.4 Å². The van der Waals surface area contributed by atoms with E-state index in [0.29, 0.717) is 12.8 Å². The first kappa shape index (κ1) is 16.9. The third kappa shape index (κ3) is 4.27. The van der Waals surface area contributed by atoms with Crippen molar-refractivity contribution in [1.29, 1.82) is 0 Å². The predicted molar refractivity (Wildman–Crippen MR) is 90.1 cm³/mol. The predicted octanol–water partition coefficient (Wildman–Crippen LogP) is 3.22. The fraction of sp³-hybridized carbons (Fsp3) is 0.400. The van der Waals surface area contributed by atoms with Gasteiger partial charge in [-0.3, -0.25) is 9.59 Å². The molecule has 118 valence electrons. The molecule has 0 aliphatic heterocycles. The van der Waals surface area contributed by atoms with E-state index >= 15 is 0 Å². The lowest BCUT2D eigenvalue weighted by Crippen LogP contribution is -2.38. The minimum Gasteiger partial charge on any atom is -0.481 e. The summed E-state index contributed by atoms with van der Waals surface area (Å²) in [5, 5.41) is 12.6. The smallest absolute Gasteiger partial charge is 0.310 e. The molecule has 2 N–H and O–H groups in total. The van der Waals surface area contributed by atoms with Gasteiger partial charge in [0, 0.05) is 23.9 Å². The Morgan fingerprint density at radius 2 is 2.14 bits per heavy atom. The van der Waals surface area contributed by atoms with E-state index in [1.807, 2.05) is 18.2 Å². The van der Waals surface area contributed by atoms with Crippen LogP contribution in [0.15, 0.2) is 22.7 Å². The summed E-state index contributed by atoms with van der Waals surface area (Å²) >= 11 is 4.98. The first-order valence-corrected chi connectivity index (χ1v) is 8.44. The Morgan fingerprint density at radius 1 is 1.41 bits per heavy atom. The topological polar surface area (TPSA) is 79.3 Å². The Balaban J connectivity index is 1.89. The average molecular weight is 385 g/mol. The van der Waals surface area contributed by atoms with Crippen LogP contribution < -0.4 is 5.32 Å². The third-order valence-corrected chi connectivity index (χ3v) is 4.86. The Hall–Kier alpha value is -1.47. The van der Waals surface area contributed by atoms with Gasteiger partial charge in [-0.1, -0.05) is 15.9 Å². The molecule has 2 aromatic rings. The number of carbonyl (C=O) groups excluding carboxylic acids is 1. The number of aromatic nitrogens is 1. The van der Waals surface area contributed by atoms with Crippen LogP contribution in [0.4, 0.5) is 0 Å². The molecule has 0 atom stereocenters. The molecule has 1 amide bonds. The zero-order valence-corrected chi connectivity index (χ0v) is 14.8. The fourth-order valence-corrected chi connectivity index (χ4v) is 3.06. The van der Waals surface area contributed by atoms with Crippen LogP contribution in [0.1, 0.15) is 25.3 Å². The van der Waals surface area contributed by atoms with Crippen molar-refractivity contribution in [2.75, 3.05) is 6.54 Å². The van der Waals surface area contributed by atoms with Crippen molar-refractivity contribution in [2.45, 2.75) is 26.7 Å². The molecule has 1 aromatic carbocycles. The molecule has 1 aromatic heterocycles. The van der Waals surface area contributed by atoms with Gasteiger partial charge in [0.05, 0.1) is 20.6 Å². The molecule has 22 heavy (non-hydrogen) atoms.